The van der Waals surface area contributed by atoms with E-state index in [9.17, 15) is 4.39 Å². The van der Waals surface area contributed by atoms with Gasteiger partial charge in [0, 0.05) is 35.3 Å². The molecule has 0 radical (unpaired) electrons. The number of benzene rings is 3. The lowest BCUT2D eigenvalue weighted by atomic mass is 10.0. The summed E-state index contributed by atoms with van der Waals surface area (Å²) >= 11 is 0. The lowest BCUT2D eigenvalue weighted by Crippen LogP contribution is -2.01. The molecule has 2 heterocycles. The molecular weight excluding hydrogens is 413 g/mol. The number of nitrogens with one attached hydrogen (secondary N) is 1. The summed E-state index contributed by atoms with van der Waals surface area (Å²) in [6.45, 7) is 2.64. The van der Waals surface area contributed by atoms with Crippen LogP contribution in [-0.2, 0) is 13.0 Å². The Hall–Kier alpha value is -3.73. The van der Waals surface area contributed by atoms with Crippen molar-refractivity contribution < 1.29 is 8.91 Å². The summed E-state index contributed by atoms with van der Waals surface area (Å²) in [6, 6.07) is 19.2. The average Bonchev–Trinajstić information content (AvgIpc) is 3.06. The van der Waals surface area contributed by atoms with Gasteiger partial charge in [-0.15, -0.1) is 0 Å². The molecule has 0 spiro atoms. The van der Waals surface area contributed by atoms with E-state index in [2.05, 4.69) is 46.9 Å². The van der Waals surface area contributed by atoms with E-state index in [0.29, 0.717) is 6.54 Å². The first-order valence-electron chi connectivity index (χ1n) is 11.3. The number of hydrogen-bond donors (Lipinski definition) is 1. The Bertz CT molecular complexity index is 1340. The lowest BCUT2D eigenvalue weighted by Gasteiger charge is -2.12. The van der Waals surface area contributed by atoms with Crippen molar-refractivity contribution in [1.82, 2.24) is 5.16 Å². The normalized spacial score (nSPS) is 13.0. The van der Waals surface area contributed by atoms with E-state index >= 15 is 0 Å². The second kappa shape index (κ2) is 9.41. The average molecular weight is 440 g/mol. The van der Waals surface area contributed by atoms with E-state index in [-0.39, 0.29) is 5.82 Å². The van der Waals surface area contributed by atoms with Crippen LogP contribution in [-0.4, -0.2) is 10.9 Å². The Morgan fingerprint density at radius 2 is 1.85 bits per heavy atom. The van der Waals surface area contributed by atoms with E-state index < -0.39 is 0 Å². The number of aliphatic imine (C=N–C) groups is 1. The van der Waals surface area contributed by atoms with Crippen molar-refractivity contribution in [2.75, 3.05) is 5.32 Å². The summed E-state index contributed by atoms with van der Waals surface area (Å²) < 4.78 is 18.4. The van der Waals surface area contributed by atoms with Gasteiger partial charge in [-0.05, 0) is 73.7 Å². The highest BCUT2D eigenvalue weighted by Crippen LogP contribution is 2.32. The molecule has 0 bridgehead atoms. The van der Waals surface area contributed by atoms with E-state index in [4.69, 9.17) is 9.52 Å². The van der Waals surface area contributed by atoms with Crippen LogP contribution in [0, 0.1) is 12.7 Å². The molecule has 5 rings (SSSR count). The Morgan fingerprint density at radius 1 is 1.00 bits per heavy atom. The van der Waals surface area contributed by atoms with Crippen LogP contribution in [0.5, 0.6) is 0 Å². The van der Waals surface area contributed by atoms with Crippen LogP contribution in [0.4, 0.5) is 15.8 Å². The van der Waals surface area contributed by atoms with Gasteiger partial charge in [0.05, 0.1) is 5.69 Å². The van der Waals surface area contributed by atoms with E-state index in [1.165, 1.54) is 23.4 Å². The van der Waals surface area contributed by atoms with Crippen molar-refractivity contribution in [1.29, 1.82) is 0 Å². The zero-order valence-corrected chi connectivity index (χ0v) is 18.6. The Balaban J connectivity index is 1.27. The Kier molecular flexibility index (Phi) is 6.03. The van der Waals surface area contributed by atoms with Gasteiger partial charge in [0.15, 0.2) is 0 Å². The predicted molar refractivity (Wildman–Crippen MR) is 133 cm³/mol. The van der Waals surface area contributed by atoms with Crippen LogP contribution < -0.4 is 5.32 Å². The summed E-state index contributed by atoms with van der Waals surface area (Å²) in [5.41, 5.74) is 7.58. The summed E-state index contributed by atoms with van der Waals surface area (Å²) in [4.78, 5) is 4.98. The van der Waals surface area contributed by atoms with Crippen LogP contribution in [0.1, 0.15) is 41.7 Å². The van der Waals surface area contributed by atoms with Crippen molar-refractivity contribution in [3.05, 3.63) is 95.0 Å². The standard InChI is InChI=1S/C28H26FN3O/c1-19-25-17-21(13-16-28(25)32-33-19)18-30-26-9-4-10-27-24(26)8-3-7-23(31-27)6-2-5-20-11-14-22(29)15-12-20/h3-4,8-17,30H,2,5-7,18H2,1H3. The maximum atomic E-state index is 13.1. The largest absolute Gasteiger partial charge is 0.380 e. The number of fused-ring (bicyclic) bond motifs is 2. The lowest BCUT2D eigenvalue weighted by molar-refractivity contribution is 0.405. The molecule has 33 heavy (non-hydrogen) atoms. The molecule has 0 fully saturated rings. The fraction of sp³-hybridized carbons (Fsp3) is 0.214. The van der Waals surface area contributed by atoms with Crippen LogP contribution in [0.2, 0.25) is 0 Å². The van der Waals surface area contributed by atoms with Crippen molar-refractivity contribution in [2.45, 2.75) is 39.2 Å². The van der Waals surface area contributed by atoms with Gasteiger partial charge in [0.2, 0.25) is 0 Å². The second-order valence-corrected chi connectivity index (χ2v) is 8.45. The summed E-state index contributed by atoms with van der Waals surface area (Å²) in [5.74, 6) is 0.650. The molecule has 1 aliphatic rings. The van der Waals surface area contributed by atoms with Crippen molar-refractivity contribution in [3.63, 3.8) is 0 Å². The van der Waals surface area contributed by atoms with Crippen molar-refractivity contribution in [2.24, 2.45) is 4.99 Å². The third-order valence-corrected chi connectivity index (χ3v) is 6.05. The topological polar surface area (TPSA) is 50.4 Å². The minimum atomic E-state index is -0.188. The molecule has 0 saturated carbocycles. The number of allylic oxidation sites excluding steroid dienone is 1. The van der Waals surface area contributed by atoms with Crippen LogP contribution in [0.15, 0.2) is 76.3 Å². The molecule has 3 aromatic carbocycles. The number of nitrogens with zero attached hydrogens (tertiary/aromatic N) is 2. The third-order valence-electron chi connectivity index (χ3n) is 6.05. The molecule has 5 heteroatoms. The van der Waals surface area contributed by atoms with Gasteiger partial charge >= 0.3 is 0 Å². The number of aromatic nitrogens is 1. The van der Waals surface area contributed by atoms with Crippen LogP contribution in [0.3, 0.4) is 0 Å². The highest BCUT2D eigenvalue weighted by atomic mass is 19.1. The summed E-state index contributed by atoms with van der Waals surface area (Å²) in [7, 11) is 0. The third kappa shape index (κ3) is 4.87. The van der Waals surface area contributed by atoms with Crippen LogP contribution >= 0.6 is 0 Å². The fourth-order valence-corrected chi connectivity index (χ4v) is 4.23. The fourth-order valence-electron chi connectivity index (χ4n) is 4.23. The first kappa shape index (κ1) is 21.1. The Labute approximate surface area is 192 Å². The molecule has 0 unspecified atom stereocenters. The number of rotatable bonds is 7. The first-order chi connectivity index (χ1) is 16.2. The smallest absolute Gasteiger partial charge is 0.141 e. The van der Waals surface area contributed by atoms with Gasteiger partial charge in [0.1, 0.15) is 17.1 Å². The zero-order valence-electron chi connectivity index (χ0n) is 18.6. The van der Waals surface area contributed by atoms with Gasteiger partial charge in [-0.2, -0.15) is 0 Å². The van der Waals surface area contributed by atoms with Gasteiger partial charge in [-0.1, -0.05) is 41.6 Å². The minimum Gasteiger partial charge on any atom is -0.380 e. The molecule has 0 amide bonds. The maximum Gasteiger partial charge on any atom is 0.141 e. The zero-order chi connectivity index (χ0) is 22.6. The highest BCUT2D eigenvalue weighted by molar-refractivity contribution is 5.93. The van der Waals surface area contributed by atoms with Gasteiger partial charge in [0.25, 0.3) is 0 Å². The predicted octanol–water partition coefficient (Wildman–Crippen LogP) is 7.40. The molecule has 1 N–H and O–H groups in total. The minimum absolute atomic E-state index is 0.188. The number of anilines is 1. The first-order valence-corrected chi connectivity index (χ1v) is 11.3. The maximum absolute atomic E-state index is 13.1. The SMILES string of the molecule is Cc1onc2ccc(CNc3cccc4c3C=CCC(CCCc3ccc(F)cc3)=N4)cc12. The van der Waals surface area contributed by atoms with Crippen molar-refractivity contribution >= 4 is 34.1 Å². The Morgan fingerprint density at radius 3 is 2.73 bits per heavy atom. The van der Waals surface area contributed by atoms with Gasteiger partial charge in [-0.3, -0.25) is 4.99 Å². The number of hydrogen-bond acceptors (Lipinski definition) is 4. The molecule has 0 aliphatic carbocycles. The van der Waals surface area contributed by atoms with E-state index in [1.54, 1.807) is 0 Å². The quantitative estimate of drug-likeness (QED) is 0.326. The second-order valence-electron chi connectivity index (χ2n) is 8.45. The highest BCUT2D eigenvalue weighted by Gasteiger charge is 2.11. The molecule has 166 valence electrons. The number of halogens is 1. The molecule has 1 aromatic heterocycles. The van der Waals surface area contributed by atoms with E-state index in [1.807, 2.05) is 31.2 Å². The molecule has 0 saturated heterocycles. The molecule has 4 nitrogen and oxygen atoms in total. The van der Waals surface area contributed by atoms with Crippen LogP contribution in [0.25, 0.3) is 17.0 Å². The van der Waals surface area contributed by atoms with E-state index in [0.717, 1.165) is 64.8 Å². The molecule has 4 aromatic rings. The molecular formula is C28H26FN3O. The van der Waals surface area contributed by atoms with Gasteiger partial charge < -0.3 is 9.84 Å². The van der Waals surface area contributed by atoms with Gasteiger partial charge in [-0.25, -0.2) is 4.39 Å². The number of aryl methyl sites for hydroxylation is 2. The molecule has 1 aliphatic heterocycles. The summed E-state index contributed by atoms with van der Waals surface area (Å²) in [5, 5.41) is 8.69. The monoisotopic (exact) mass is 439 g/mol. The summed E-state index contributed by atoms with van der Waals surface area (Å²) in [6.07, 6.45) is 8.06. The molecule has 0 atom stereocenters. The van der Waals surface area contributed by atoms with Crippen molar-refractivity contribution in [3.8, 4) is 0 Å².